The van der Waals surface area contributed by atoms with Crippen molar-refractivity contribution >= 4 is 41.3 Å². The van der Waals surface area contributed by atoms with Gasteiger partial charge in [-0.05, 0) is 5.56 Å². The molecule has 0 aliphatic carbocycles. The second-order valence-electron chi connectivity index (χ2n) is 5.26. The first kappa shape index (κ1) is 19.4. The van der Waals surface area contributed by atoms with Crippen LogP contribution in [-0.4, -0.2) is 18.0 Å². The number of hydrogen-bond donors (Lipinski definition) is 2. The van der Waals surface area contributed by atoms with Gasteiger partial charge in [0.2, 0.25) is 0 Å². The highest BCUT2D eigenvalue weighted by atomic mass is 127. The molecule has 0 aliphatic heterocycles. The van der Waals surface area contributed by atoms with Crippen LogP contribution in [0.15, 0.2) is 71.0 Å². The van der Waals surface area contributed by atoms with Crippen LogP contribution in [0.3, 0.4) is 0 Å². The third kappa shape index (κ3) is 5.82. The molecule has 0 aliphatic rings. The number of halogens is 1. The number of nitrogens with one attached hydrogen (secondary N) is 2. The monoisotopic (exact) mass is 464 g/mol. The molecule has 0 bridgehead atoms. The van der Waals surface area contributed by atoms with Crippen molar-refractivity contribution in [2.75, 3.05) is 7.05 Å². The first-order valence-electron chi connectivity index (χ1n) is 7.83. The number of aliphatic imine (C=N–C) groups is 1. The number of aromatic nitrogens is 1. The van der Waals surface area contributed by atoms with Gasteiger partial charge in [0.1, 0.15) is 5.01 Å². The van der Waals surface area contributed by atoms with Gasteiger partial charge in [-0.1, -0.05) is 60.7 Å². The summed E-state index contributed by atoms with van der Waals surface area (Å²) >= 11 is 1.65. The molecule has 0 atom stereocenters. The lowest BCUT2D eigenvalue weighted by Crippen LogP contribution is -2.36. The standard InChI is InChI=1S/C19H20N4S.HI/c1-20-19(21-12-15-8-4-2-5-9-15)22-13-18-23-17(14-24-18)16-10-6-3-7-11-16;/h2-11,14H,12-13H2,1H3,(H2,20,21,22);1H. The third-order valence-electron chi connectivity index (χ3n) is 3.55. The summed E-state index contributed by atoms with van der Waals surface area (Å²) in [6.07, 6.45) is 0. The maximum absolute atomic E-state index is 4.68. The second-order valence-corrected chi connectivity index (χ2v) is 6.20. The molecule has 0 saturated heterocycles. The van der Waals surface area contributed by atoms with Gasteiger partial charge in [-0.2, -0.15) is 0 Å². The molecular weight excluding hydrogens is 443 g/mol. The number of hydrogen-bond acceptors (Lipinski definition) is 3. The van der Waals surface area contributed by atoms with Crippen LogP contribution >= 0.6 is 35.3 Å². The minimum absolute atomic E-state index is 0. The highest BCUT2D eigenvalue weighted by Crippen LogP contribution is 2.21. The highest BCUT2D eigenvalue weighted by Gasteiger charge is 2.05. The van der Waals surface area contributed by atoms with Crippen LogP contribution in [0.2, 0.25) is 0 Å². The fraction of sp³-hybridized carbons (Fsp3) is 0.158. The minimum atomic E-state index is 0. The zero-order valence-corrected chi connectivity index (χ0v) is 17.1. The van der Waals surface area contributed by atoms with Crippen molar-refractivity contribution in [1.82, 2.24) is 15.6 Å². The van der Waals surface area contributed by atoms with E-state index in [1.54, 1.807) is 18.4 Å². The van der Waals surface area contributed by atoms with Crippen molar-refractivity contribution in [3.63, 3.8) is 0 Å². The quantitative estimate of drug-likeness (QED) is 0.337. The van der Waals surface area contributed by atoms with E-state index in [2.05, 4.69) is 50.3 Å². The van der Waals surface area contributed by atoms with E-state index in [9.17, 15) is 0 Å². The number of thiazole rings is 1. The molecule has 25 heavy (non-hydrogen) atoms. The van der Waals surface area contributed by atoms with E-state index in [-0.39, 0.29) is 24.0 Å². The Hall–Kier alpha value is -1.93. The number of rotatable bonds is 5. The molecule has 0 radical (unpaired) electrons. The number of guanidine groups is 1. The van der Waals surface area contributed by atoms with E-state index >= 15 is 0 Å². The molecule has 0 spiro atoms. The third-order valence-corrected chi connectivity index (χ3v) is 4.40. The van der Waals surface area contributed by atoms with Gasteiger partial charge in [-0.15, -0.1) is 35.3 Å². The van der Waals surface area contributed by atoms with E-state index in [4.69, 9.17) is 0 Å². The van der Waals surface area contributed by atoms with Gasteiger partial charge >= 0.3 is 0 Å². The minimum Gasteiger partial charge on any atom is -0.352 e. The first-order valence-corrected chi connectivity index (χ1v) is 8.71. The lowest BCUT2D eigenvalue weighted by molar-refractivity contribution is 0.805. The molecule has 1 heterocycles. The summed E-state index contributed by atoms with van der Waals surface area (Å²) in [5, 5.41) is 9.75. The zero-order valence-electron chi connectivity index (χ0n) is 14.0. The van der Waals surface area contributed by atoms with Crippen LogP contribution in [-0.2, 0) is 13.1 Å². The predicted molar refractivity (Wildman–Crippen MR) is 116 cm³/mol. The zero-order chi connectivity index (χ0) is 16.6. The first-order chi connectivity index (χ1) is 11.8. The summed E-state index contributed by atoms with van der Waals surface area (Å²) in [6, 6.07) is 20.5. The normalized spacial score (nSPS) is 10.8. The summed E-state index contributed by atoms with van der Waals surface area (Å²) in [7, 11) is 1.78. The van der Waals surface area contributed by atoms with Crippen molar-refractivity contribution in [2.24, 2.45) is 4.99 Å². The maximum atomic E-state index is 4.68. The Bertz CT molecular complexity index is 787. The van der Waals surface area contributed by atoms with Crippen LogP contribution < -0.4 is 10.6 Å². The van der Waals surface area contributed by atoms with E-state index in [1.165, 1.54) is 5.56 Å². The summed E-state index contributed by atoms with van der Waals surface area (Å²) in [5.41, 5.74) is 3.39. The topological polar surface area (TPSA) is 49.3 Å². The molecule has 0 fully saturated rings. The SMILES string of the molecule is CN=C(NCc1ccccc1)NCc1nc(-c2ccccc2)cs1.I. The van der Waals surface area contributed by atoms with Crippen molar-refractivity contribution in [3.05, 3.63) is 76.6 Å². The van der Waals surface area contributed by atoms with Crippen LogP contribution in [0.25, 0.3) is 11.3 Å². The van der Waals surface area contributed by atoms with Crippen molar-refractivity contribution in [2.45, 2.75) is 13.1 Å². The van der Waals surface area contributed by atoms with Gasteiger partial charge in [0.25, 0.3) is 0 Å². The number of nitrogens with zero attached hydrogens (tertiary/aromatic N) is 2. The molecular formula is C19H21IN4S. The van der Waals surface area contributed by atoms with Crippen molar-refractivity contribution in [1.29, 1.82) is 0 Å². The largest absolute Gasteiger partial charge is 0.352 e. The maximum Gasteiger partial charge on any atom is 0.191 e. The molecule has 2 N–H and O–H groups in total. The summed E-state index contributed by atoms with van der Waals surface area (Å²) in [4.78, 5) is 8.93. The average Bonchev–Trinajstić information content (AvgIpc) is 3.12. The summed E-state index contributed by atoms with van der Waals surface area (Å²) in [6.45, 7) is 1.40. The van der Waals surface area contributed by atoms with Crippen LogP contribution in [0, 0.1) is 0 Å². The van der Waals surface area contributed by atoms with Crippen molar-refractivity contribution < 1.29 is 0 Å². The second kappa shape index (κ2) is 10.1. The molecule has 3 rings (SSSR count). The van der Waals surface area contributed by atoms with E-state index in [0.29, 0.717) is 6.54 Å². The number of benzene rings is 2. The summed E-state index contributed by atoms with van der Waals surface area (Å²) in [5.74, 6) is 0.773. The average molecular weight is 464 g/mol. The van der Waals surface area contributed by atoms with Gasteiger partial charge in [-0.3, -0.25) is 4.99 Å². The fourth-order valence-corrected chi connectivity index (χ4v) is 3.04. The van der Waals surface area contributed by atoms with Gasteiger partial charge in [-0.25, -0.2) is 4.98 Å². The van der Waals surface area contributed by atoms with E-state index in [0.717, 1.165) is 28.8 Å². The fourth-order valence-electron chi connectivity index (χ4n) is 2.30. The van der Waals surface area contributed by atoms with Crippen LogP contribution in [0.5, 0.6) is 0 Å². The molecule has 1 aromatic heterocycles. The summed E-state index contributed by atoms with van der Waals surface area (Å²) < 4.78 is 0. The van der Waals surface area contributed by atoms with Crippen molar-refractivity contribution in [3.8, 4) is 11.3 Å². The van der Waals surface area contributed by atoms with Crippen LogP contribution in [0.4, 0.5) is 0 Å². The Morgan fingerprint density at radius 2 is 1.60 bits per heavy atom. The van der Waals surface area contributed by atoms with E-state index < -0.39 is 0 Å². The van der Waals surface area contributed by atoms with Gasteiger partial charge in [0.15, 0.2) is 5.96 Å². The highest BCUT2D eigenvalue weighted by molar-refractivity contribution is 14.0. The van der Waals surface area contributed by atoms with Gasteiger partial charge in [0, 0.05) is 24.5 Å². The Labute approximate surface area is 169 Å². The molecule has 2 aromatic carbocycles. The Kier molecular flexibility index (Phi) is 7.87. The molecule has 4 nitrogen and oxygen atoms in total. The molecule has 6 heteroatoms. The van der Waals surface area contributed by atoms with Gasteiger partial charge < -0.3 is 10.6 Å². The lowest BCUT2D eigenvalue weighted by Gasteiger charge is -2.10. The van der Waals surface area contributed by atoms with Gasteiger partial charge in [0.05, 0.1) is 12.2 Å². The van der Waals surface area contributed by atoms with E-state index in [1.807, 2.05) is 36.4 Å². The molecule has 0 amide bonds. The molecule has 0 unspecified atom stereocenters. The Morgan fingerprint density at radius 1 is 0.960 bits per heavy atom. The smallest absolute Gasteiger partial charge is 0.191 e. The predicted octanol–water partition coefficient (Wildman–Crippen LogP) is 4.29. The lowest BCUT2D eigenvalue weighted by atomic mass is 10.2. The Balaban J connectivity index is 0.00000225. The molecule has 0 saturated carbocycles. The van der Waals surface area contributed by atoms with Crippen LogP contribution in [0.1, 0.15) is 10.6 Å². The molecule has 3 aromatic rings. The molecule has 130 valence electrons. The Morgan fingerprint density at radius 3 is 2.28 bits per heavy atom.